The second-order valence-electron chi connectivity index (χ2n) is 9.38. The van der Waals surface area contributed by atoms with Crippen molar-refractivity contribution in [2.24, 2.45) is 0 Å². The molecule has 1 aromatic heterocycles. The Labute approximate surface area is 232 Å². The predicted octanol–water partition coefficient (Wildman–Crippen LogP) is 4.15. The molecule has 1 aliphatic heterocycles. The number of nitrogens with one attached hydrogen (secondary N) is 1. The van der Waals surface area contributed by atoms with E-state index in [1.54, 1.807) is 53.6 Å². The number of halogens is 1. The van der Waals surface area contributed by atoms with Crippen molar-refractivity contribution in [1.82, 2.24) is 14.8 Å². The number of fused-ring (bicyclic) bond motifs is 1. The number of benzene rings is 3. The molecule has 3 aromatic carbocycles. The molecule has 0 unspecified atom stereocenters. The number of amides is 1. The Morgan fingerprint density at radius 3 is 2.48 bits per heavy atom. The fraction of sp³-hybridized carbons (Fsp3) is 0.241. The molecule has 1 saturated heterocycles. The molecule has 0 atom stereocenters. The monoisotopic (exact) mass is 564 g/mol. The number of sulfonamides is 1. The van der Waals surface area contributed by atoms with E-state index in [-0.39, 0.29) is 28.1 Å². The van der Waals surface area contributed by atoms with Gasteiger partial charge in [-0.15, -0.1) is 0 Å². The van der Waals surface area contributed by atoms with Crippen LogP contribution in [0.5, 0.6) is 11.5 Å². The Bertz CT molecular complexity index is 1650. The topological polar surface area (TPSA) is 101 Å². The Morgan fingerprint density at radius 1 is 0.975 bits per heavy atom. The second kappa shape index (κ2) is 11.5. The number of anilines is 1. The van der Waals surface area contributed by atoms with Crippen molar-refractivity contribution in [2.45, 2.75) is 11.4 Å². The second-order valence-corrected chi connectivity index (χ2v) is 11.0. The van der Waals surface area contributed by atoms with Crippen molar-refractivity contribution in [2.75, 3.05) is 45.1 Å². The molecule has 9 nitrogen and oxygen atoms in total. The van der Waals surface area contributed by atoms with E-state index < -0.39 is 10.0 Å². The lowest BCUT2D eigenvalue weighted by atomic mass is 10.1. The van der Waals surface area contributed by atoms with E-state index in [0.29, 0.717) is 60.5 Å². The lowest BCUT2D eigenvalue weighted by molar-refractivity contribution is 0.0624. The number of pyridine rings is 1. The van der Waals surface area contributed by atoms with Crippen molar-refractivity contribution >= 4 is 32.5 Å². The summed E-state index contributed by atoms with van der Waals surface area (Å²) >= 11 is 0. The van der Waals surface area contributed by atoms with Crippen LogP contribution in [0.3, 0.4) is 0 Å². The highest BCUT2D eigenvalue weighted by Gasteiger charge is 2.26. The standard InChI is InChI=1S/C29H29FN4O5S/c1-38-23-10-8-21(25(30)18-23)19-33-13-15-34(16-14-33)29(35)24-11-9-22(17-26(24)39-2)32-40(36,37)27-7-3-5-20-6-4-12-31-28(20)27/h3-12,17-18,32H,13-16,19H2,1-2H3. The third-order valence-corrected chi connectivity index (χ3v) is 8.30. The van der Waals surface area contributed by atoms with Crippen molar-refractivity contribution in [1.29, 1.82) is 0 Å². The minimum absolute atomic E-state index is 0.0529. The summed E-state index contributed by atoms with van der Waals surface area (Å²) in [5.41, 5.74) is 1.52. The van der Waals surface area contributed by atoms with Gasteiger partial charge in [-0.2, -0.15) is 0 Å². The Kier molecular flexibility index (Phi) is 7.85. The molecule has 5 rings (SSSR count). The molecule has 40 heavy (non-hydrogen) atoms. The van der Waals surface area contributed by atoms with Crippen LogP contribution in [-0.2, 0) is 16.6 Å². The maximum atomic E-state index is 14.4. The number of para-hydroxylation sites is 1. The first-order valence-electron chi connectivity index (χ1n) is 12.7. The Morgan fingerprint density at radius 2 is 1.75 bits per heavy atom. The van der Waals surface area contributed by atoms with E-state index in [0.717, 1.165) is 0 Å². The van der Waals surface area contributed by atoms with E-state index in [9.17, 15) is 17.6 Å². The molecule has 0 radical (unpaired) electrons. The zero-order valence-corrected chi connectivity index (χ0v) is 22.9. The quantitative estimate of drug-likeness (QED) is 0.343. The fourth-order valence-corrected chi connectivity index (χ4v) is 5.97. The molecule has 0 aliphatic carbocycles. The van der Waals surface area contributed by atoms with Gasteiger partial charge in [0.2, 0.25) is 0 Å². The lowest BCUT2D eigenvalue weighted by Gasteiger charge is -2.35. The third kappa shape index (κ3) is 5.70. The number of rotatable bonds is 8. The van der Waals surface area contributed by atoms with Crippen molar-refractivity contribution in [3.05, 3.63) is 89.9 Å². The van der Waals surface area contributed by atoms with Gasteiger partial charge in [-0.05, 0) is 30.3 Å². The third-order valence-electron chi connectivity index (χ3n) is 6.88. The van der Waals surface area contributed by atoms with Gasteiger partial charge in [0.05, 0.1) is 31.0 Å². The van der Waals surface area contributed by atoms with Crippen molar-refractivity contribution in [3.8, 4) is 11.5 Å². The van der Waals surface area contributed by atoms with Crippen LogP contribution in [0.2, 0.25) is 0 Å². The van der Waals surface area contributed by atoms with Gasteiger partial charge in [-0.25, -0.2) is 12.8 Å². The van der Waals surface area contributed by atoms with Gasteiger partial charge in [0.1, 0.15) is 22.2 Å². The average molecular weight is 565 g/mol. The molecule has 208 valence electrons. The number of aromatic nitrogens is 1. The number of ether oxygens (including phenoxy) is 2. The number of methoxy groups -OCH3 is 2. The Hall–Kier alpha value is -4.22. The first-order valence-corrected chi connectivity index (χ1v) is 14.2. The van der Waals surface area contributed by atoms with E-state index in [2.05, 4.69) is 14.6 Å². The smallest absolute Gasteiger partial charge is 0.264 e. The number of piperazine rings is 1. The van der Waals surface area contributed by atoms with E-state index in [1.165, 1.54) is 38.5 Å². The van der Waals surface area contributed by atoms with Gasteiger partial charge in [0, 0.05) is 62.0 Å². The maximum Gasteiger partial charge on any atom is 0.264 e. The van der Waals surface area contributed by atoms with Gasteiger partial charge in [0.15, 0.2) is 0 Å². The molecular weight excluding hydrogens is 535 g/mol. The average Bonchev–Trinajstić information content (AvgIpc) is 2.97. The molecule has 2 heterocycles. The summed E-state index contributed by atoms with van der Waals surface area (Å²) in [5, 5.41) is 0.707. The van der Waals surface area contributed by atoms with E-state index in [4.69, 9.17) is 9.47 Å². The van der Waals surface area contributed by atoms with Crippen LogP contribution in [-0.4, -0.2) is 69.5 Å². The number of nitrogens with zero attached hydrogens (tertiary/aromatic N) is 3. The van der Waals surface area contributed by atoms with Crippen LogP contribution >= 0.6 is 0 Å². The maximum absolute atomic E-state index is 14.4. The number of carbonyl (C=O) groups excluding carboxylic acids is 1. The summed E-state index contributed by atoms with van der Waals surface area (Å²) in [6, 6.07) is 17.9. The Balaban J connectivity index is 1.26. The first kappa shape index (κ1) is 27.4. The summed E-state index contributed by atoms with van der Waals surface area (Å²) in [4.78, 5) is 21.4. The predicted molar refractivity (Wildman–Crippen MR) is 150 cm³/mol. The van der Waals surface area contributed by atoms with Gasteiger partial charge < -0.3 is 14.4 Å². The van der Waals surface area contributed by atoms with Gasteiger partial charge in [-0.3, -0.25) is 19.4 Å². The zero-order valence-electron chi connectivity index (χ0n) is 22.1. The minimum atomic E-state index is -3.96. The van der Waals surface area contributed by atoms with Gasteiger partial charge >= 0.3 is 0 Å². The zero-order chi connectivity index (χ0) is 28.3. The molecule has 1 N–H and O–H groups in total. The molecule has 1 amide bonds. The molecule has 1 aliphatic rings. The van der Waals surface area contributed by atoms with Crippen LogP contribution in [0.25, 0.3) is 10.9 Å². The SMILES string of the molecule is COc1ccc(CN2CCN(C(=O)c3ccc(NS(=O)(=O)c4cccc5cccnc45)cc3OC)CC2)c(F)c1. The lowest BCUT2D eigenvalue weighted by Crippen LogP contribution is -2.48. The van der Waals surface area contributed by atoms with E-state index >= 15 is 0 Å². The highest BCUT2D eigenvalue weighted by atomic mass is 32.2. The number of hydrogen-bond donors (Lipinski definition) is 1. The highest BCUT2D eigenvalue weighted by molar-refractivity contribution is 7.93. The minimum Gasteiger partial charge on any atom is -0.497 e. The summed E-state index contributed by atoms with van der Waals surface area (Å²) in [6.07, 6.45) is 1.54. The van der Waals surface area contributed by atoms with E-state index in [1.807, 2.05) is 0 Å². The molecular formula is C29H29FN4O5S. The number of hydrogen-bond acceptors (Lipinski definition) is 7. The molecule has 1 fully saturated rings. The highest BCUT2D eigenvalue weighted by Crippen LogP contribution is 2.28. The van der Waals surface area contributed by atoms with Crippen LogP contribution in [0.1, 0.15) is 15.9 Å². The molecule has 11 heteroatoms. The summed E-state index contributed by atoms with van der Waals surface area (Å²) in [5.74, 6) is 0.175. The largest absolute Gasteiger partial charge is 0.497 e. The fourth-order valence-electron chi connectivity index (χ4n) is 4.74. The molecule has 4 aromatic rings. The number of carbonyl (C=O) groups is 1. The summed E-state index contributed by atoms with van der Waals surface area (Å²) in [6.45, 7) is 2.51. The molecule has 0 saturated carbocycles. The van der Waals surface area contributed by atoms with Crippen LogP contribution in [0, 0.1) is 5.82 Å². The summed E-state index contributed by atoms with van der Waals surface area (Å²) in [7, 11) is -1.03. The molecule has 0 bridgehead atoms. The summed E-state index contributed by atoms with van der Waals surface area (Å²) < 4.78 is 53.9. The normalized spacial score (nSPS) is 14.2. The van der Waals surface area contributed by atoms with Gasteiger partial charge in [-0.1, -0.05) is 24.3 Å². The first-order chi connectivity index (χ1) is 19.3. The van der Waals surface area contributed by atoms with Gasteiger partial charge in [0.25, 0.3) is 15.9 Å². The van der Waals surface area contributed by atoms with Crippen molar-refractivity contribution in [3.63, 3.8) is 0 Å². The van der Waals surface area contributed by atoms with Crippen LogP contribution in [0.4, 0.5) is 10.1 Å². The van der Waals surface area contributed by atoms with Crippen molar-refractivity contribution < 1.29 is 27.1 Å². The van der Waals surface area contributed by atoms with Crippen LogP contribution < -0.4 is 14.2 Å². The molecule has 0 spiro atoms. The van der Waals surface area contributed by atoms with Crippen LogP contribution in [0.15, 0.2) is 77.8 Å².